The lowest BCUT2D eigenvalue weighted by Crippen LogP contribution is -2.15. The molecule has 0 saturated heterocycles. The highest BCUT2D eigenvalue weighted by Crippen LogP contribution is 2.23. The third-order valence-corrected chi connectivity index (χ3v) is 3.59. The second-order valence-electron chi connectivity index (χ2n) is 4.22. The van der Waals surface area contributed by atoms with Crippen LogP contribution in [0.1, 0.15) is 20.7 Å². The van der Waals surface area contributed by atoms with Crippen LogP contribution in [-0.2, 0) is 0 Å². The van der Waals surface area contributed by atoms with E-state index >= 15 is 0 Å². The molecule has 0 spiro atoms. The van der Waals surface area contributed by atoms with Crippen molar-refractivity contribution < 1.29 is 14.7 Å². The summed E-state index contributed by atoms with van der Waals surface area (Å²) in [5, 5.41) is 11.7. The Kier molecular flexibility index (Phi) is 4.64. The number of nitrogen functional groups attached to an aromatic ring is 1. The van der Waals surface area contributed by atoms with E-state index in [1.807, 2.05) is 0 Å². The van der Waals surface area contributed by atoms with Gasteiger partial charge in [0.25, 0.3) is 5.91 Å². The van der Waals surface area contributed by atoms with E-state index in [-0.39, 0.29) is 11.3 Å². The summed E-state index contributed by atoms with van der Waals surface area (Å²) >= 11 is 6.45. The largest absolute Gasteiger partial charge is 0.478 e. The molecule has 0 bridgehead atoms. The van der Waals surface area contributed by atoms with Crippen LogP contribution in [0.4, 0.5) is 11.4 Å². The van der Waals surface area contributed by atoms with Crippen LogP contribution in [0.2, 0.25) is 0 Å². The van der Waals surface area contributed by atoms with Crippen LogP contribution < -0.4 is 11.1 Å². The number of nitrogens with one attached hydrogen (secondary N) is 1. The molecule has 2 aromatic rings. The molecule has 2 aromatic carbocycles. The Hall–Kier alpha value is -1.86. The Balaban J connectivity index is 2.33. The normalized spacial score (nSPS) is 10.2. The van der Waals surface area contributed by atoms with Crippen LogP contribution in [0.3, 0.4) is 0 Å². The average Bonchev–Trinajstić information content (AvgIpc) is 2.39. The van der Waals surface area contributed by atoms with Crippen molar-refractivity contribution in [2.45, 2.75) is 0 Å². The standard InChI is InChI=1S/C14H10Br2N2O3/c15-8-1-2-12(11(6-8)14(20)21)18-13(19)7-3-9(16)5-10(17)4-7/h1-6H,17H2,(H,18,19)(H,20,21). The number of hydrogen-bond acceptors (Lipinski definition) is 3. The number of aromatic carboxylic acids is 1. The topological polar surface area (TPSA) is 92.4 Å². The zero-order valence-corrected chi connectivity index (χ0v) is 13.7. The van der Waals surface area contributed by atoms with Crippen LogP contribution in [0, 0.1) is 0 Å². The van der Waals surface area contributed by atoms with Crippen molar-refractivity contribution in [1.82, 2.24) is 0 Å². The van der Waals surface area contributed by atoms with Gasteiger partial charge in [-0.05, 0) is 36.4 Å². The van der Waals surface area contributed by atoms with Gasteiger partial charge in [0.05, 0.1) is 11.3 Å². The smallest absolute Gasteiger partial charge is 0.337 e. The van der Waals surface area contributed by atoms with Crippen LogP contribution >= 0.6 is 31.9 Å². The molecule has 0 atom stereocenters. The Morgan fingerprint density at radius 1 is 1.05 bits per heavy atom. The molecular weight excluding hydrogens is 404 g/mol. The third-order valence-electron chi connectivity index (χ3n) is 2.64. The van der Waals surface area contributed by atoms with E-state index in [4.69, 9.17) is 10.8 Å². The molecule has 7 heteroatoms. The van der Waals surface area contributed by atoms with Crippen molar-refractivity contribution in [3.8, 4) is 0 Å². The maximum Gasteiger partial charge on any atom is 0.337 e. The van der Waals surface area contributed by atoms with Gasteiger partial charge < -0.3 is 16.2 Å². The second-order valence-corrected chi connectivity index (χ2v) is 6.05. The first-order chi connectivity index (χ1) is 9.86. The quantitative estimate of drug-likeness (QED) is 0.668. The van der Waals surface area contributed by atoms with Crippen LogP contribution in [-0.4, -0.2) is 17.0 Å². The predicted octanol–water partition coefficient (Wildman–Crippen LogP) is 3.74. The van der Waals surface area contributed by atoms with Crippen molar-refractivity contribution in [2.75, 3.05) is 11.1 Å². The Labute approximate surface area is 137 Å². The summed E-state index contributed by atoms with van der Waals surface area (Å²) in [7, 11) is 0. The molecule has 0 aliphatic carbocycles. The monoisotopic (exact) mass is 412 g/mol. The molecule has 0 aromatic heterocycles. The van der Waals surface area contributed by atoms with Gasteiger partial charge in [0.2, 0.25) is 0 Å². The number of carboxylic acid groups (broad SMARTS) is 1. The molecule has 0 unspecified atom stereocenters. The summed E-state index contributed by atoms with van der Waals surface area (Å²) in [6.07, 6.45) is 0. The van der Waals surface area contributed by atoms with E-state index < -0.39 is 11.9 Å². The SMILES string of the molecule is Nc1cc(Br)cc(C(=O)Nc2ccc(Br)cc2C(=O)O)c1. The highest BCUT2D eigenvalue weighted by Gasteiger charge is 2.14. The van der Waals surface area contributed by atoms with E-state index in [1.54, 1.807) is 18.2 Å². The van der Waals surface area contributed by atoms with Crippen molar-refractivity contribution in [3.05, 3.63) is 56.5 Å². The third kappa shape index (κ3) is 3.83. The minimum Gasteiger partial charge on any atom is -0.478 e. The summed E-state index contributed by atoms with van der Waals surface area (Å²) in [5.74, 6) is -1.56. The number of carboxylic acids is 1. The van der Waals surface area contributed by atoms with Gasteiger partial charge in [-0.3, -0.25) is 4.79 Å². The number of amides is 1. The average molecular weight is 414 g/mol. The van der Waals surface area contributed by atoms with Crippen LogP contribution in [0.25, 0.3) is 0 Å². The molecular formula is C14H10Br2N2O3. The van der Waals surface area contributed by atoms with Gasteiger partial charge in [0.15, 0.2) is 0 Å². The van der Waals surface area contributed by atoms with Crippen molar-refractivity contribution in [1.29, 1.82) is 0 Å². The number of benzene rings is 2. The molecule has 0 heterocycles. The Bertz CT molecular complexity index is 712. The van der Waals surface area contributed by atoms with Gasteiger partial charge in [-0.2, -0.15) is 0 Å². The number of anilines is 2. The zero-order valence-electron chi connectivity index (χ0n) is 10.6. The van der Waals surface area contributed by atoms with Crippen molar-refractivity contribution in [3.63, 3.8) is 0 Å². The summed E-state index contributed by atoms with van der Waals surface area (Å²) in [4.78, 5) is 23.4. The minimum atomic E-state index is -1.12. The van der Waals surface area contributed by atoms with Crippen LogP contribution in [0.5, 0.6) is 0 Å². The highest BCUT2D eigenvalue weighted by atomic mass is 79.9. The van der Waals surface area contributed by atoms with E-state index in [0.717, 1.165) is 0 Å². The fourth-order valence-electron chi connectivity index (χ4n) is 1.74. The molecule has 21 heavy (non-hydrogen) atoms. The maximum atomic E-state index is 12.2. The number of carbonyl (C=O) groups excluding carboxylic acids is 1. The fraction of sp³-hybridized carbons (Fsp3) is 0. The van der Waals surface area contributed by atoms with Gasteiger partial charge in [-0.25, -0.2) is 4.79 Å². The molecule has 2 rings (SSSR count). The van der Waals surface area contributed by atoms with Gasteiger partial charge in [-0.15, -0.1) is 0 Å². The lowest BCUT2D eigenvalue weighted by molar-refractivity contribution is 0.0698. The molecule has 0 saturated carbocycles. The molecule has 1 amide bonds. The zero-order chi connectivity index (χ0) is 15.6. The van der Waals surface area contributed by atoms with Crippen molar-refractivity contribution in [2.24, 2.45) is 0 Å². The van der Waals surface area contributed by atoms with E-state index in [0.29, 0.717) is 20.2 Å². The molecule has 0 aliphatic rings. The second kappa shape index (κ2) is 6.28. The van der Waals surface area contributed by atoms with E-state index in [2.05, 4.69) is 37.2 Å². The first-order valence-corrected chi connectivity index (χ1v) is 7.35. The summed E-state index contributed by atoms with van der Waals surface area (Å²) < 4.78 is 1.28. The first kappa shape index (κ1) is 15.5. The van der Waals surface area contributed by atoms with Crippen molar-refractivity contribution >= 4 is 55.1 Å². The lowest BCUT2D eigenvalue weighted by Gasteiger charge is -2.10. The van der Waals surface area contributed by atoms with Gasteiger partial charge in [-0.1, -0.05) is 31.9 Å². The highest BCUT2D eigenvalue weighted by molar-refractivity contribution is 9.10. The van der Waals surface area contributed by atoms with E-state index in [9.17, 15) is 9.59 Å². The maximum absolute atomic E-state index is 12.2. The summed E-state index contributed by atoms with van der Waals surface area (Å²) in [6, 6.07) is 9.38. The van der Waals surface area contributed by atoms with Gasteiger partial charge in [0.1, 0.15) is 0 Å². The minimum absolute atomic E-state index is 0.000642. The number of nitrogens with two attached hydrogens (primary N) is 1. The van der Waals surface area contributed by atoms with E-state index in [1.165, 1.54) is 18.2 Å². The lowest BCUT2D eigenvalue weighted by atomic mass is 10.1. The molecule has 0 radical (unpaired) electrons. The molecule has 0 aliphatic heterocycles. The predicted molar refractivity (Wildman–Crippen MR) is 87.6 cm³/mol. The van der Waals surface area contributed by atoms with Crippen LogP contribution in [0.15, 0.2) is 45.3 Å². The number of halogens is 2. The molecule has 0 fully saturated rings. The van der Waals surface area contributed by atoms with Gasteiger partial charge in [0, 0.05) is 20.2 Å². The number of hydrogen-bond donors (Lipinski definition) is 3. The Morgan fingerprint density at radius 3 is 2.38 bits per heavy atom. The fourth-order valence-corrected chi connectivity index (χ4v) is 2.61. The van der Waals surface area contributed by atoms with Gasteiger partial charge >= 0.3 is 5.97 Å². The molecule has 4 N–H and O–H groups in total. The molecule has 108 valence electrons. The molecule has 5 nitrogen and oxygen atoms in total. The summed E-state index contributed by atoms with van der Waals surface area (Å²) in [5.41, 5.74) is 6.66. The first-order valence-electron chi connectivity index (χ1n) is 5.77. The number of carbonyl (C=O) groups is 2. The number of rotatable bonds is 3. The summed E-state index contributed by atoms with van der Waals surface area (Å²) in [6.45, 7) is 0. The Morgan fingerprint density at radius 2 is 1.76 bits per heavy atom.